The number of hydrogen-bond acceptors (Lipinski definition) is 8. The van der Waals surface area contributed by atoms with Crippen molar-refractivity contribution in [2.75, 3.05) is 4.31 Å². The SMILES string of the molecule is CC(C)(C)c1nc(N(C(=O)O)S(=O)(=O)c2cc(Cl)c(Oc3ccc(Cl)nc3-c3ccoc3)cc2F)cs1. The molecule has 1 N–H and O–H groups in total. The van der Waals surface area contributed by atoms with E-state index in [9.17, 15) is 18.3 Å². The first kappa shape index (κ1) is 26.9. The van der Waals surface area contributed by atoms with Gasteiger partial charge in [-0.3, -0.25) is 0 Å². The summed E-state index contributed by atoms with van der Waals surface area (Å²) in [6.07, 6.45) is 0.946. The largest absolute Gasteiger partial charge is 0.472 e. The van der Waals surface area contributed by atoms with Crippen molar-refractivity contribution in [2.45, 2.75) is 31.1 Å². The Balaban J connectivity index is 1.73. The van der Waals surface area contributed by atoms with Crippen LogP contribution in [0.25, 0.3) is 11.3 Å². The summed E-state index contributed by atoms with van der Waals surface area (Å²) in [7, 11) is -4.96. The summed E-state index contributed by atoms with van der Waals surface area (Å²) in [5.74, 6) is -1.77. The number of hydrogen-bond donors (Lipinski definition) is 1. The molecule has 0 radical (unpaired) electrons. The van der Waals surface area contributed by atoms with Gasteiger partial charge >= 0.3 is 6.09 Å². The third-order valence-corrected chi connectivity index (χ3v) is 8.31. The Hall–Kier alpha value is -3.19. The summed E-state index contributed by atoms with van der Waals surface area (Å²) in [6.45, 7) is 5.50. The van der Waals surface area contributed by atoms with E-state index in [0.29, 0.717) is 10.6 Å². The van der Waals surface area contributed by atoms with Gasteiger partial charge in [0.25, 0.3) is 10.0 Å². The fraction of sp³-hybridized carbons (Fsp3) is 0.174. The number of sulfonamides is 1. The Kier molecular flexibility index (Phi) is 7.21. The third-order valence-electron chi connectivity index (χ3n) is 4.86. The number of ether oxygens (including phenoxy) is 1. The van der Waals surface area contributed by atoms with Crippen LogP contribution in [0.15, 0.2) is 57.6 Å². The van der Waals surface area contributed by atoms with Crippen LogP contribution in [0.4, 0.5) is 15.0 Å². The minimum absolute atomic E-state index is 0.00807. The number of carboxylic acid groups (broad SMARTS) is 1. The van der Waals surface area contributed by atoms with Gasteiger partial charge in [0.15, 0.2) is 11.6 Å². The summed E-state index contributed by atoms with van der Waals surface area (Å²) in [5.41, 5.74) is 0.323. The van der Waals surface area contributed by atoms with E-state index < -0.39 is 32.2 Å². The molecule has 0 unspecified atom stereocenters. The Bertz CT molecular complexity index is 1580. The summed E-state index contributed by atoms with van der Waals surface area (Å²) in [5, 5.41) is 11.3. The average molecular weight is 586 g/mol. The summed E-state index contributed by atoms with van der Waals surface area (Å²) >= 11 is 13.3. The Morgan fingerprint density at radius 1 is 1.16 bits per heavy atom. The highest BCUT2D eigenvalue weighted by atomic mass is 35.5. The normalized spacial score (nSPS) is 11.9. The van der Waals surface area contributed by atoms with E-state index in [4.69, 9.17) is 32.4 Å². The van der Waals surface area contributed by atoms with Gasteiger partial charge in [0.05, 0.1) is 17.5 Å². The van der Waals surface area contributed by atoms with Crippen molar-refractivity contribution in [3.63, 3.8) is 0 Å². The quantitative estimate of drug-likeness (QED) is 0.235. The third kappa shape index (κ3) is 5.42. The molecule has 4 aromatic rings. The molecular formula is C23H18Cl2FN3O6S2. The number of thiazole rings is 1. The maximum atomic E-state index is 15.2. The van der Waals surface area contributed by atoms with Crippen molar-refractivity contribution < 1.29 is 31.9 Å². The molecule has 3 heterocycles. The highest BCUT2D eigenvalue weighted by Crippen LogP contribution is 2.39. The van der Waals surface area contributed by atoms with Crippen molar-refractivity contribution in [1.82, 2.24) is 9.97 Å². The fourth-order valence-corrected chi connectivity index (χ4v) is 5.81. The summed E-state index contributed by atoms with van der Waals surface area (Å²) < 4.78 is 52.5. The van der Waals surface area contributed by atoms with E-state index in [1.54, 1.807) is 6.07 Å². The lowest BCUT2D eigenvalue weighted by Gasteiger charge is -2.19. The molecule has 0 spiro atoms. The predicted octanol–water partition coefficient (Wildman–Crippen LogP) is 7.21. The molecule has 4 rings (SSSR count). The van der Waals surface area contributed by atoms with Gasteiger partial charge in [-0.25, -0.2) is 27.6 Å². The van der Waals surface area contributed by atoms with Crippen LogP contribution in [0.5, 0.6) is 11.5 Å². The van der Waals surface area contributed by atoms with E-state index in [-0.39, 0.29) is 37.5 Å². The van der Waals surface area contributed by atoms with E-state index in [1.807, 2.05) is 20.8 Å². The molecule has 14 heteroatoms. The molecule has 0 saturated carbocycles. The molecule has 0 aliphatic rings. The van der Waals surface area contributed by atoms with Crippen LogP contribution in [0.2, 0.25) is 10.2 Å². The number of aromatic nitrogens is 2. The highest BCUT2D eigenvalue weighted by Gasteiger charge is 2.36. The van der Waals surface area contributed by atoms with Crippen molar-refractivity contribution in [3.8, 4) is 22.8 Å². The van der Waals surface area contributed by atoms with Crippen molar-refractivity contribution >= 4 is 56.5 Å². The standard InChI is InChI=1S/C23H18Cl2FN3O6S2/c1-23(2,3)21-28-19(11-36-21)29(22(30)31)37(32,33)17-8-13(24)16(9-14(17)26)35-15-4-5-18(25)27-20(15)12-6-7-34-10-12/h4-11H,1-3H3,(H,30,31). The number of amides is 1. The van der Waals surface area contributed by atoms with Gasteiger partial charge in [-0.05, 0) is 24.3 Å². The van der Waals surface area contributed by atoms with Gasteiger partial charge in [0.2, 0.25) is 0 Å². The number of pyridine rings is 1. The zero-order valence-electron chi connectivity index (χ0n) is 19.4. The molecule has 1 aromatic carbocycles. The number of halogens is 3. The van der Waals surface area contributed by atoms with E-state index in [2.05, 4.69) is 9.97 Å². The molecule has 9 nitrogen and oxygen atoms in total. The van der Waals surface area contributed by atoms with Crippen LogP contribution in [0.3, 0.4) is 0 Å². The number of carbonyl (C=O) groups is 1. The zero-order valence-corrected chi connectivity index (χ0v) is 22.5. The lowest BCUT2D eigenvalue weighted by Crippen LogP contribution is -2.36. The minimum atomic E-state index is -4.96. The Morgan fingerprint density at radius 2 is 1.89 bits per heavy atom. The Labute approximate surface area is 225 Å². The number of furan rings is 1. The average Bonchev–Trinajstić information content (AvgIpc) is 3.49. The Morgan fingerprint density at radius 3 is 2.49 bits per heavy atom. The minimum Gasteiger partial charge on any atom is -0.472 e. The van der Waals surface area contributed by atoms with Gasteiger partial charge in [-0.1, -0.05) is 44.0 Å². The fourth-order valence-electron chi connectivity index (χ4n) is 3.14. The summed E-state index contributed by atoms with van der Waals surface area (Å²) in [6, 6.07) is 6.03. The van der Waals surface area contributed by atoms with Crippen LogP contribution < -0.4 is 9.04 Å². The molecule has 194 valence electrons. The van der Waals surface area contributed by atoms with E-state index in [0.717, 1.165) is 23.5 Å². The van der Waals surface area contributed by atoms with Crippen LogP contribution in [0, 0.1) is 5.82 Å². The van der Waals surface area contributed by atoms with Crippen LogP contribution >= 0.6 is 34.5 Å². The monoisotopic (exact) mass is 585 g/mol. The number of rotatable bonds is 6. The lowest BCUT2D eigenvalue weighted by molar-refractivity contribution is 0.206. The van der Waals surface area contributed by atoms with Crippen LogP contribution in [0.1, 0.15) is 25.8 Å². The molecule has 0 atom stereocenters. The van der Waals surface area contributed by atoms with Gasteiger partial charge < -0.3 is 14.3 Å². The highest BCUT2D eigenvalue weighted by molar-refractivity contribution is 7.93. The molecular weight excluding hydrogens is 568 g/mol. The topological polar surface area (TPSA) is 123 Å². The summed E-state index contributed by atoms with van der Waals surface area (Å²) in [4.78, 5) is 19.3. The molecule has 0 bridgehead atoms. The van der Waals surface area contributed by atoms with E-state index >= 15 is 4.39 Å². The van der Waals surface area contributed by atoms with Crippen molar-refractivity contribution in [2.24, 2.45) is 0 Å². The number of anilines is 1. The van der Waals surface area contributed by atoms with Crippen LogP contribution in [-0.2, 0) is 15.4 Å². The molecule has 3 aromatic heterocycles. The predicted molar refractivity (Wildman–Crippen MR) is 137 cm³/mol. The molecule has 0 fully saturated rings. The van der Waals surface area contributed by atoms with Crippen molar-refractivity contribution in [3.05, 3.63) is 69.2 Å². The van der Waals surface area contributed by atoms with Gasteiger partial charge in [-0.15, -0.1) is 15.6 Å². The smallest absolute Gasteiger partial charge is 0.427 e. The zero-order chi connectivity index (χ0) is 27.1. The first-order valence-corrected chi connectivity index (χ1v) is 13.5. The molecule has 37 heavy (non-hydrogen) atoms. The van der Waals surface area contributed by atoms with Crippen molar-refractivity contribution in [1.29, 1.82) is 0 Å². The van der Waals surface area contributed by atoms with Gasteiger partial charge in [0.1, 0.15) is 32.3 Å². The van der Waals surface area contributed by atoms with E-state index in [1.165, 1.54) is 30.0 Å². The second-order valence-corrected chi connectivity index (χ2v) is 12.0. The molecule has 0 aliphatic carbocycles. The maximum Gasteiger partial charge on any atom is 0.427 e. The first-order valence-electron chi connectivity index (χ1n) is 10.4. The van der Waals surface area contributed by atoms with Gasteiger partial charge in [0, 0.05) is 22.4 Å². The van der Waals surface area contributed by atoms with Crippen LogP contribution in [-0.4, -0.2) is 29.6 Å². The molecule has 1 amide bonds. The van der Waals surface area contributed by atoms with Gasteiger partial charge in [-0.2, -0.15) is 0 Å². The second kappa shape index (κ2) is 9.93. The number of benzene rings is 1. The lowest BCUT2D eigenvalue weighted by atomic mass is 9.98. The molecule has 0 saturated heterocycles. The number of nitrogens with zero attached hydrogens (tertiary/aromatic N) is 3. The first-order chi connectivity index (χ1) is 17.3. The second-order valence-electron chi connectivity index (χ2n) is 8.62. The maximum absolute atomic E-state index is 15.2. The molecule has 0 aliphatic heterocycles.